The zero-order valence-electron chi connectivity index (χ0n) is 14.0. The minimum Gasteiger partial charge on any atom is -0.493 e. The van der Waals surface area contributed by atoms with Gasteiger partial charge in [-0.1, -0.05) is 37.1 Å². The molecule has 1 aromatic heterocycles. The van der Waals surface area contributed by atoms with E-state index in [1.54, 1.807) is 0 Å². The molecule has 0 atom stereocenters. The molecule has 124 valence electrons. The van der Waals surface area contributed by atoms with Crippen molar-refractivity contribution >= 4 is 17.4 Å². The van der Waals surface area contributed by atoms with Crippen LogP contribution in [-0.4, -0.2) is 23.1 Å². The molecule has 0 radical (unpaired) electrons. The second-order valence-electron chi connectivity index (χ2n) is 5.60. The molecule has 1 heterocycles. The van der Waals surface area contributed by atoms with Gasteiger partial charge in [-0.2, -0.15) is 0 Å². The lowest BCUT2D eigenvalue weighted by Gasteiger charge is -2.11. The summed E-state index contributed by atoms with van der Waals surface area (Å²) in [6, 6.07) is 6.42. The predicted octanol–water partition coefficient (Wildman–Crippen LogP) is 4.58. The van der Waals surface area contributed by atoms with Gasteiger partial charge in [0, 0.05) is 6.54 Å². The Labute approximate surface area is 143 Å². The second-order valence-corrected chi connectivity index (χ2v) is 5.98. The number of nitrogens with one attached hydrogen (secondary N) is 1. The number of aryl methyl sites for hydroxylation is 3. The molecule has 2 rings (SSSR count). The van der Waals surface area contributed by atoms with Crippen LogP contribution in [0.3, 0.4) is 0 Å². The van der Waals surface area contributed by atoms with Crippen molar-refractivity contribution in [2.24, 2.45) is 0 Å². The Morgan fingerprint density at radius 3 is 2.78 bits per heavy atom. The van der Waals surface area contributed by atoms with Crippen LogP contribution in [0.4, 0.5) is 5.82 Å². The van der Waals surface area contributed by atoms with E-state index in [0.29, 0.717) is 17.4 Å². The number of aromatic nitrogens is 2. The van der Waals surface area contributed by atoms with Crippen molar-refractivity contribution in [2.45, 2.75) is 40.0 Å². The summed E-state index contributed by atoms with van der Waals surface area (Å²) in [5.41, 5.74) is 3.34. The first-order valence-corrected chi connectivity index (χ1v) is 8.43. The average Bonchev–Trinajstić information content (AvgIpc) is 2.53. The topological polar surface area (TPSA) is 47.0 Å². The molecule has 0 unspecified atom stereocenters. The Bertz CT molecular complexity index is 646. The average molecular weight is 334 g/mol. The van der Waals surface area contributed by atoms with Gasteiger partial charge in [-0.3, -0.25) is 0 Å². The van der Waals surface area contributed by atoms with E-state index < -0.39 is 0 Å². The van der Waals surface area contributed by atoms with Crippen LogP contribution < -0.4 is 10.1 Å². The summed E-state index contributed by atoms with van der Waals surface area (Å²) in [5, 5.41) is 3.80. The number of nitrogens with zero attached hydrogens (tertiary/aromatic N) is 2. The van der Waals surface area contributed by atoms with Crippen molar-refractivity contribution < 1.29 is 4.74 Å². The SMILES string of the molecule is CCCc1ccc(OCCCNc2ncnc(C)c2Cl)c(C)c1. The van der Waals surface area contributed by atoms with E-state index in [0.717, 1.165) is 37.3 Å². The Hall–Kier alpha value is -1.81. The van der Waals surface area contributed by atoms with E-state index in [2.05, 4.69) is 47.3 Å². The van der Waals surface area contributed by atoms with Crippen LogP contribution >= 0.6 is 11.6 Å². The molecule has 0 amide bonds. The highest BCUT2D eigenvalue weighted by Gasteiger charge is 2.05. The maximum atomic E-state index is 6.14. The molecular weight excluding hydrogens is 310 g/mol. The molecule has 23 heavy (non-hydrogen) atoms. The van der Waals surface area contributed by atoms with Crippen molar-refractivity contribution in [3.8, 4) is 5.75 Å². The maximum Gasteiger partial charge on any atom is 0.148 e. The van der Waals surface area contributed by atoms with Crippen LogP contribution in [0.5, 0.6) is 5.75 Å². The number of rotatable bonds is 8. The van der Waals surface area contributed by atoms with E-state index >= 15 is 0 Å². The van der Waals surface area contributed by atoms with E-state index in [9.17, 15) is 0 Å². The summed E-state index contributed by atoms with van der Waals surface area (Å²) in [5.74, 6) is 1.64. The molecule has 0 spiro atoms. The van der Waals surface area contributed by atoms with Crippen LogP contribution in [-0.2, 0) is 6.42 Å². The molecule has 2 aromatic rings. The van der Waals surface area contributed by atoms with Gasteiger partial charge in [0.1, 0.15) is 22.9 Å². The number of anilines is 1. The number of benzene rings is 1. The van der Waals surface area contributed by atoms with Gasteiger partial charge < -0.3 is 10.1 Å². The summed E-state index contributed by atoms with van der Waals surface area (Å²) in [7, 11) is 0. The quantitative estimate of drug-likeness (QED) is 0.718. The molecular formula is C18H24ClN3O. The van der Waals surface area contributed by atoms with Crippen molar-refractivity contribution in [1.82, 2.24) is 9.97 Å². The first-order valence-electron chi connectivity index (χ1n) is 8.05. The number of hydrogen-bond donors (Lipinski definition) is 1. The molecule has 1 aromatic carbocycles. The first kappa shape index (κ1) is 17.5. The minimum absolute atomic E-state index is 0.579. The Morgan fingerprint density at radius 2 is 2.04 bits per heavy atom. The molecule has 0 bridgehead atoms. The lowest BCUT2D eigenvalue weighted by Crippen LogP contribution is -2.09. The van der Waals surface area contributed by atoms with E-state index in [4.69, 9.17) is 16.3 Å². The van der Waals surface area contributed by atoms with Crippen LogP contribution in [0.1, 0.15) is 36.6 Å². The van der Waals surface area contributed by atoms with Gasteiger partial charge in [0.2, 0.25) is 0 Å². The van der Waals surface area contributed by atoms with Crippen molar-refractivity contribution in [3.63, 3.8) is 0 Å². The standard InChI is InChI=1S/C18H24ClN3O/c1-4-6-15-7-8-16(13(2)11-15)23-10-5-9-20-18-17(19)14(3)21-12-22-18/h7-8,11-12H,4-6,9-10H2,1-3H3,(H,20,21,22). The molecule has 0 fully saturated rings. The predicted molar refractivity (Wildman–Crippen MR) is 95.6 cm³/mol. The zero-order chi connectivity index (χ0) is 16.7. The number of halogens is 1. The zero-order valence-corrected chi connectivity index (χ0v) is 14.8. The van der Waals surface area contributed by atoms with E-state index in [-0.39, 0.29) is 0 Å². The molecule has 0 aliphatic rings. The van der Waals surface area contributed by atoms with Gasteiger partial charge in [0.05, 0.1) is 12.3 Å². The Morgan fingerprint density at radius 1 is 1.22 bits per heavy atom. The van der Waals surface area contributed by atoms with Crippen LogP contribution in [0.2, 0.25) is 5.02 Å². The van der Waals surface area contributed by atoms with Gasteiger partial charge in [0.25, 0.3) is 0 Å². The fourth-order valence-electron chi connectivity index (χ4n) is 2.36. The number of hydrogen-bond acceptors (Lipinski definition) is 4. The summed E-state index contributed by atoms with van der Waals surface area (Å²) in [6.07, 6.45) is 4.66. The lowest BCUT2D eigenvalue weighted by atomic mass is 10.1. The summed E-state index contributed by atoms with van der Waals surface area (Å²) in [6.45, 7) is 7.56. The smallest absolute Gasteiger partial charge is 0.148 e. The van der Waals surface area contributed by atoms with E-state index in [1.165, 1.54) is 17.5 Å². The summed E-state index contributed by atoms with van der Waals surface area (Å²) >= 11 is 6.14. The molecule has 5 heteroatoms. The van der Waals surface area contributed by atoms with Gasteiger partial charge in [-0.05, 0) is 43.9 Å². The highest BCUT2D eigenvalue weighted by atomic mass is 35.5. The van der Waals surface area contributed by atoms with Crippen LogP contribution in [0.25, 0.3) is 0 Å². The highest BCUT2D eigenvalue weighted by Crippen LogP contribution is 2.21. The highest BCUT2D eigenvalue weighted by molar-refractivity contribution is 6.33. The van der Waals surface area contributed by atoms with Crippen molar-refractivity contribution in [2.75, 3.05) is 18.5 Å². The minimum atomic E-state index is 0.579. The first-order chi connectivity index (χ1) is 11.1. The van der Waals surface area contributed by atoms with E-state index in [1.807, 2.05) is 6.92 Å². The van der Waals surface area contributed by atoms with Crippen LogP contribution in [0, 0.1) is 13.8 Å². The van der Waals surface area contributed by atoms with Crippen molar-refractivity contribution in [1.29, 1.82) is 0 Å². The van der Waals surface area contributed by atoms with Gasteiger partial charge in [0.15, 0.2) is 0 Å². The fourth-order valence-corrected chi connectivity index (χ4v) is 2.52. The molecule has 4 nitrogen and oxygen atoms in total. The lowest BCUT2D eigenvalue weighted by molar-refractivity contribution is 0.313. The molecule has 0 aliphatic carbocycles. The maximum absolute atomic E-state index is 6.14. The normalized spacial score (nSPS) is 10.6. The molecule has 0 saturated heterocycles. The number of ether oxygens (including phenoxy) is 1. The summed E-state index contributed by atoms with van der Waals surface area (Å²) < 4.78 is 5.86. The van der Waals surface area contributed by atoms with Crippen molar-refractivity contribution in [3.05, 3.63) is 46.4 Å². The largest absolute Gasteiger partial charge is 0.493 e. The third kappa shape index (κ3) is 5.10. The second kappa shape index (κ2) is 8.73. The monoisotopic (exact) mass is 333 g/mol. The molecule has 1 N–H and O–H groups in total. The Kier molecular flexibility index (Phi) is 6.66. The third-order valence-corrected chi connectivity index (χ3v) is 4.07. The third-order valence-electron chi connectivity index (χ3n) is 3.61. The van der Waals surface area contributed by atoms with Gasteiger partial charge in [-0.25, -0.2) is 9.97 Å². The van der Waals surface area contributed by atoms with Gasteiger partial charge in [-0.15, -0.1) is 0 Å². The molecule has 0 aliphatic heterocycles. The van der Waals surface area contributed by atoms with Gasteiger partial charge >= 0.3 is 0 Å². The van der Waals surface area contributed by atoms with Crippen LogP contribution in [0.15, 0.2) is 24.5 Å². The summed E-state index contributed by atoms with van der Waals surface area (Å²) in [4.78, 5) is 8.19. The fraction of sp³-hybridized carbons (Fsp3) is 0.444. The molecule has 0 saturated carbocycles. The Balaban J connectivity index is 1.76.